The number of halogens is 1. The lowest BCUT2D eigenvalue weighted by molar-refractivity contribution is 0.602. The van der Waals surface area contributed by atoms with E-state index in [1.807, 2.05) is 4.93 Å². The van der Waals surface area contributed by atoms with Crippen molar-refractivity contribution in [1.82, 2.24) is 0 Å². The lowest BCUT2D eigenvalue weighted by Gasteiger charge is -1.96. The van der Waals surface area contributed by atoms with Crippen molar-refractivity contribution in [2.24, 2.45) is 0 Å². The van der Waals surface area contributed by atoms with E-state index >= 15 is 0 Å². The maximum Gasteiger partial charge on any atom is -0.0121 e. The summed E-state index contributed by atoms with van der Waals surface area (Å²) in [6.07, 6.45) is 9.97. The largest absolute Gasteiger partial charge is 0.0901 e. The van der Waals surface area contributed by atoms with Crippen LogP contribution in [0.4, 0.5) is 0 Å². The molecule has 0 bridgehead atoms. The van der Waals surface area contributed by atoms with E-state index in [1.165, 1.54) is 44.9 Å². The first kappa shape index (κ1) is 14.3. The third-order valence-electron chi connectivity index (χ3n) is 1.71. The molecule has 0 aliphatic carbocycles. The number of hydrogen-bond acceptors (Lipinski definition) is 0. The first-order valence-corrected chi connectivity index (χ1v) is 6.95. The molecule has 0 nitrogen and oxygen atoms in total. The Bertz CT molecular complexity index is 38.1. The normalized spacial score (nSPS) is 8.73. The van der Waals surface area contributed by atoms with Crippen LogP contribution in [0.1, 0.15) is 58.8 Å². The molecule has 0 unspecified atom stereocenters. The molecule has 11 heavy (non-hydrogen) atoms. The summed E-state index contributed by atoms with van der Waals surface area (Å²) in [7, 11) is 0. The van der Waals surface area contributed by atoms with E-state index in [0.29, 0.717) is 0 Å². The lowest BCUT2D eigenvalue weighted by Crippen LogP contribution is -1.76. The van der Waals surface area contributed by atoms with Crippen molar-refractivity contribution >= 4 is 22.6 Å². The average molecular weight is 270 g/mol. The van der Waals surface area contributed by atoms with Gasteiger partial charge in [-0.25, -0.2) is 0 Å². The molecule has 0 aromatic heterocycles. The van der Waals surface area contributed by atoms with Crippen LogP contribution in [0.3, 0.4) is 0 Å². The van der Waals surface area contributed by atoms with E-state index in [0.717, 1.165) is 0 Å². The summed E-state index contributed by atoms with van der Waals surface area (Å²) in [6, 6.07) is 0. The molecule has 0 N–H and O–H groups in total. The maximum atomic E-state index is 2.26. The smallest absolute Gasteiger partial charge is 0.0121 e. The highest BCUT2D eigenvalue weighted by molar-refractivity contribution is 14.1. The van der Waals surface area contributed by atoms with Gasteiger partial charge in [0.2, 0.25) is 0 Å². The molecular formula is C10H23I. The zero-order valence-electron chi connectivity index (χ0n) is 8.33. The fourth-order valence-electron chi connectivity index (χ4n) is 1.03. The molecule has 0 heterocycles. The predicted octanol–water partition coefficient (Wildman–Crippen LogP) is 4.81. The average Bonchev–Trinajstić information content (AvgIpc) is 2.08. The summed E-state index contributed by atoms with van der Waals surface area (Å²) in [5.74, 6) is 0. The van der Waals surface area contributed by atoms with Gasteiger partial charge in [0, 0.05) is 0 Å². The van der Waals surface area contributed by atoms with E-state index in [9.17, 15) is 0 Å². The molecule has 0 aliphatic heterocycles. The fraction of sp³-hybridized carbons (Fsp3) is 1.00. The molecular weight excluding hydrogens is 247 g/mol. The molecule has 1 heteroatoms. The molecule has 70 valence electrons. The van der Waals surface area contributed by atoms with Crippen LogP contribution < -0.4 is 0 Å². The van der Waals surface area contributed by atoms with Gasteiger partial charge in [-0.3, -0.25) is 0 Å². The fourth-order valence-corrected chi connectivity index (χ4v) is 1.03. The lowest BCUT2D eigenvalue weighted by atomic mass is 10.1. The van der Waals surface area contributed by atoms with Crippen molar-refractivity contribution in [3.63, 3.8) is 0 Å². The molecule has 0 aromatic rings. The van der Waals surface area contributed by atoms with Gasteiger partial charge in [0.05, 0.1) is 0 Å². The van der Waals surface area contributed by atoms with Crippen LogP contribution in [-0.4, -0.2) is 4.93 Å². The Kier molecular flexibility index (Phi) is 22.0. The van der Waals surface area contributed by atoms with Gasteiger partial charge in [-0.05, 0) is 4.93 Å². The predicted molar refractivity (Wildman–Crippen MR) is 63.6 cm³/mol. The Morgan fingerprint density at radius 3 is 1.18 bits per heavy atom. The molecule has 0 atom stereocenters. The second-order valence-electron chi connectivity index (χ2n) is 2.77. The summed E-state index contributed by atoms with van der Waals surface area (Å²) in [6.45, 7) is 4.53. The maximum absolute atomic E-state index is 2.26. The molecule has 0 amide bonds. The number of alkyl halides is 1. The van der Waals surface area contributed by atoms with E-state index in [-0.39, 0.29) is 0 Å². The van der Waals surface area contributed by atoms with Gasteiger partial charge in [0.15, 0.2) is 0 Å². The quantitative estimate of drug-likeness (QED) is 0.369. The second-order valence-corrected chi connectivity index (χ2v) is 2.77. The zero-order chi connectivity index (χ0) is 8.95. The van der Waals surface area contributed by atoms with Crippen LogP contribution in [0.2, 0.25) is 0 Å². The highest BCUT2D eigenvalue weighted by Gasteiger charge is 1.85. The van der Waals surface area contributed by atoms with Gasteiger partial charge in [0.1, 0.15) is 0 Å². The van der Waals surface area contributed by atoms with Gasteiger partial charge in [0.25, 0.3) is 0 Å². The first-order chi connectivity index (χ1) is 5.41. The van der Waals surface area contributed by atoms with Crippen LogP contribution in [0.25, 0.3) is 0 Å². The molecule has 0 fully saturated rings. The molecule has 0 saturated carbocycles. The molecule has 0 rings (SSSR count). The SMILES string of the molecule is CCCCCCCCC.CI. The van der Waals surface area contributed by atoms with Crippen LogP contribution in [0.5, 0.6) is 0 Å². The van der Waals surface area contributed by atoms with Gasteiger partial charge < -0.3 is 0 Å². The topological polar surface area (TPSA) is 0 Å². The summed E-state index contributed by atoms with van der Waals surface area (Å²) in [5, 5.41) is 0. The Balaban J connectivity index is 0. The van der Waals surface area contributed by atoms with Crippen LogP contribution in [0, 0.1) is 0 Å². The van der Waals surface area contributed by atoms with Crippen molar-refractivity contribution in [2.45, 2.75) is 58.8 Å². The highest BCUT2D eigenvalue weighted by Crippen LogP contribution is 2.05. The van der Waals surface area contributed by atoms with Crippen LogP contribution in [0.15, 0.2) is 0 Å². The first-order valence-electron chi connectivity index (χ1n) is 4.79. The van der Waals surface area contributed by atoms with Crippen LogP contribution >= 0.6 is 22.6 Å². The standard InChI is InChI=1S/C9H20.CH3I/c1-3-5-7-9-8-6-4-2;1-2/h3-9H2,1-2H3;1H3. The molecule has 0 spiro atoms. The number of rotatable bonds is 6. The minimum atomic E-state index is 1.37. The summed E-state index contributed by atoms with van der Waals surface area (Å²) < 4.78 is 0. The minimum absolute atomic E-state index is 1.37. The summed E-state index contributed by atoms with van der Waals surface area (Å²) in [4.78, 5) is 1.97. The Morgan fingerprint density at radius 1 is 0.636 bits per heavy atom. The molecule has 0 aliphatic rings. The Labute approximate surface area is 86.3 Å². The molecule has 0 saturated heterocycles. The zero-order valence-corrected chi connectivity index (χ0v) is 10.5. The second kappa shape index (κ2) is 17.0. The van der Waals surface area contributed by atoms with Gasteiger partial charge in [-0.1, -0.05) is 81.4 Å². The van der Waals surface area contributed by atoms with Crippen molar-refractivity contribution in [1.29, 1.82) is 0 Å². The van der Waals surface area contributed by atoms with E-state index < -0.39 is 0 Å². The van der Waals surface area contributed by atoms with Gasteiger partial charge >= 0.3 is 0 Å². The third-order valence-corrected chi connectivity index (χ3v) is 1.71. The van der Waals surface area contributed by atoms with Crippen molar-refractivity contribution in [3.8, 4) is 0 Å². The Hall–Kier alpha value is 0.730. The van der Waals surface area contributed by atoms with Crippen molar-refractivity contribution in [2.75, 3.05) is 4.93 Å². The van der Waals surface area contributed by atoms with Gasteiger partial charge in [-0.2, -0.15) is 0 Å². The van der Waals surface area contributed by atoms with Crippen LogP contribution in [-0.2, 0) is 0 Å². The summed E-state index contributed by atoms with van der Waals surface area (Å²) >= 11 is 2.15. The van der Waals surface area contributed by atoms with Crippen molar-refractivity contribution < 1.29 is 0 Å². The monoisotopic (exact) mass is 270 g/mol. The third kappa shape index (κ3) is 18.1. The summed E-state index contributed by atoms with van der Waals surface area (Å²) in [5.41, 5.74) is 0. The highest BCUT2D eigenvalue weighted by atomic mass is 127. The molecule has 0 radical (unpaired) electrons. The minimum Gasteiger partial charge on any atom is -0.0901 e. The van der Waals surface area contributed by atoms with E-state index in [2.05, 4.69) is 36.4 Å². The van der Waals surface area contributed by atoms with Crippen molar-refractivity contribution in [3.05, 3.63) is 0 Å². The number of hydrogen-bond donors (Lipinski definition) is 0. The van der Waals surface area contributed by atoms with Gasteiger partial charge in [-0.15, -0.1) is 0 Å². The molecule has 0 aromatic carbocycles. The van der Waals surface area contributed by atoms with E-state index in [1.54, 1.807) is 0 Å². The number of unbranched alkanes of at least 4 members (excludes halogenated alkanes) is 6. The Morgan fingerprint density at radius 2 is 0.909 bits per heavy atom. The van der Waals surface area contributed by atoms with E-state index in [4.69, 9.17) is 0 Å².